The van der Waals surface area contributed by atoms with Gasteiger partial charge in [0.1, 0.15) is 0 Å². The van der Waals surface area contributed by atoms with E-state index in [-0.39, 0.29) is 11.8 Å². The number of hydrogen-bond donors (Lipinski definition) is 1. The molecule has 1 aliphatic heterocycles. The Kier molecular flexibility index (Phi) is 3.61. The Labute approximate surface area is 121 Å². The summed E-state index contributed by atoms with van der Waals surface area (Å²) in [7, 11) is 0. The van der Waals surface area contributed by atoms with Crippen LogP contribution in [0.25, 0.3) is 0 Å². The Bertz CT molecular complexity index is 563. The number of carboxylic acid groups (broad SMARTS) is 1. The van der Waals surface area contributed by atoms with Crippen molar-refractivity contribution < 1.29 is 14.7 Å². The molecule has 2 aliphatic rings. The first-order valence-corrected chi connectivity index (χ1v) is 7.80. The van der Waals surface area contributed by atoms with Crippen LogP contribution in [-0.4, -0.2) is 28.4 Å². The molecule has 0 saturated heterocycles. The highest BCUT2D eigenvalue weighted by Gasteiger charge is 2.36. The lowest BCUT2D eigenvalue weighted by Crippen LogP contribution is -2.43. The maximum Gasteiger partial charge on any atom is 0.331 e. The van der Waals surface area contributed by atoms with E-state index in [4.69, 9.17) is 0 Å². The van der Waals surface area contributed by atoms with E-state index in [2.05, 4.69) is 12.2 Å². The van der Waals surface area contributed by atoms with Crippen LogP contribution < -0.4 is 0 Å². The molecule has 0 radical (unpaired) electrons. The van der Waals surface area contributed by atoms with Crippen molar-refractivity contribution in [2.45, 2.75) is 31.7 Å². The maximum absolute atomic E-state index is 12.4. The molecule has 4 nitrogen and oxygen atoms in total. The summed E-state index contributed by atoms with van der Waals surface area (Å²) in [6.07, 6.45) is 7.40. The number of rotatable bonds is 3. The van der Waals surface area contributed by atoms with Crippen LogP contribution in [0.4, 0.5) is 0 Å². The number of allylic oxidation sites excluding steroid dienone is 2. The molecule has 20 heavy (non-hydrogen) atoms. The average molecular weight is 291 g/mol. The van der Waals surface area contributed by atoms with Crippen molar-refractivity contribution in [1.29, 1.82) is 0 Å². The van der Waals surface area contributed by atoms with Gasteiger partial charge in [-0.2, -0.15) is 0 Å². The smallest absolute Gasteiger partial charge is 0.331 e. The fourth-order valence-electron chi connectivity index (χ4n) is 3.06. The molecule has 1 aromatic heterocycles. The molecule has 1 aromatic rings. The van der Waals surface area contributed by atoms with E-state index in [1.807, 2.05) is 11.4 Å². The summed E-state index contributed by atoms with van der Waals surface area (Å²) in [4.78, 5) is 26.6. The second-order valence-electron chi connectivity index (χ2n) is 5.35. The predicted octanol–water partition coefficient (Wildman–Crippen LogP) is 2.61. The molecule has 106 valence electrons. The third-order valence-electron chi connectivity index (χ3n) is 4.07. The van der Waals surface area contributed by atoms with Gasteiger partial charge in [0.2, 0.25) is 5.91 Å². The number of carboxylic acids is 1. The van der Waals surface area contributed by atoms with Gasteiger partial charge in [-0.1, -0.05) is 12.2 Å². The Balaban J connectivity index is 1.80. The van der Waals surface area contributed by atoms with Crippen LogP contribution in [0.5, 0.6) is 0 Å². The van der Waals surface area contributed by atoms with Gasteiger partial charge in [-0.25, -0.2) is 4.79 Å². The molecular formula is C15H17NO3S. The molecule has 0 aromatic carbocycles. The summed E-state index contributed by atoms with van der Waals surface area (Å²) in [6, 6.07) is 1.04. The summed E-state index contributed by atoms with van der Waals surface area (Å²) in [5.41, 5.74) is 0.795. The molecule has 2 atom stereocenters. The van der Waals surface area contributed by atoms with E-state index < -0.39 is 12.0 Å². The molecule has 0 spiro atoms. The van der Waals surface area contributed by atoms with E-state index in [0.717, 1.165) is 29.7 Å². The van der Waals surface area contributed by atoms with Gasteiger partial charge in [-0.3, -0.25) is 4.79 Å². The van der Waals surface area contributed by atoms with E-state index in [1.165, 1.54) is 0 Å². The highest BCUT2D eigenvalue weighted by Crippen LogP contribution is 2.34. The molecule has 0 fully saturated rings. The Hall–Kier alpha value is -1.62. The van der Waals surface area contributed by atoms with Gasteiger partial charge in [0.25, 0.3) is 0 Å². The first-order valence-electron chi connectivity index (χ1n) is 6.92. The quantitative estimate of drug-likeness (QED) is 0.871. The van der Waals surface area contributed by atoms with Gasteiger partial charge in [-0.15, -0.1) is 11.3 Å². The zero-order valence-corrected chi connectivity index (χ0v) is 11.9. The van der Waals surface area contributed by atoms with Gasteiger partial charge in [-0.05, 0) is 42.2 Å². The predicted molar refractivity (Wildman–Crippen MR) is 76.6 cm³/mol. The molecule has 0 saturated carbocycles. The fourth-order valence-corrected chi connectivity index (χ4v) is 3.96. The third kappa shape index (κ3) is 2.38. The highest BCUT2D eigenvalue weighted by atomic mass is 32.1. The van der Waals surface area contributed by atoms with Crippen molar-refractivity contribution in [3.05, 3.63) is 34.0 Å². The molecule has 5 heteroatoms. The lowest BCUT2D eigenvalue weighted by molar-refractivity contribution is -0.151. The van der Waals surface area contributed by atoms with Gasteiger partial charge in [0, 0.05) is 17.8 Å². The number of fused-ring (bicyclic) bond motifs is 1. The van der Waals surface area contributed by atoms with E-state index in [1.54, 1.807) is 16.2 Å². The summed E-state index contributed by atoms with van der Waals surface area (Å²) >= 11 is 1.58. The second kappa shape index (κ2) is 5.40. The number of amides is 1. The minimum absolute atomic E-state index is 0.0363. The number of nitrogens with zero attached hydrogens (tertiary/aromatic N) is 1. The van der Waals surface area contributed by atoms with Crippen LogP contribution in [0.15, 0.2) is 23.6 Å². The van der Waals surface area contributed by atoms with Crippen LogP contribution in [0, 0.1) is 5.92 Å². The SMILES string of the molecule is O=C(O)C1c2ccsc2CCN1C(=O)CC1C=CCC1. The highest BCUT2D eigenvalue weighted by molar-refractivity contribution is 7.10. The molecule has 1 amide bonds. The molecule has 2 unspecified atom stereocenters. The Morgan fingerprint density at radius 1 is 1.45 bits per heavy atom. The van der Waals surface area contributed by atoms with Gasteiger partial charge < -0.3 is 10.0 Å². The molecular weight excluding hydrogens is 274 g/mol. The largest absolute Gasteiger partial charge is 0.479 e. The van der Waals surface area contributed by atoms with E-state index in [0.29, 0.717) is 13.0 Å². The molecule has 1 N–H and O–H groups in total. The maximum atomic E-state index is 12.4. The first-order chi connectivity index (χ1) is 9.66. The van der Waals surface area contributed by atoms with E-state index >= 15 is 0 Å². The average Bonchev–Trinajstić information content (AvgIpc) is 3.06. The number of hydrogen-bond acceptors (Lipinski definition) is 3. The molecule has 3 rings (SSSR count). The van der Waals surface area contributed by atoms with Crippen molar-refractivity contribution >= 4 is 23.2 Å². The lowest BCUT2D eigenvalue weighted by Gasteiger charge is -2.33. The monoisotopic (exact) mass is 291 g/mol. The summed E-state index contributed by atoms with van der Waals surface area (Å²) in [5.74, 6) is -0.689. The lowest BCUT2D eigenvalue weighted by atomic mass is 9.97. The molecule has 2 heterocycles. The van der Waals surface area contributed by atoms with Crippen molar-refractivity contribution in [2.24, 2.45) is 5.92 Å². The summed E-state index contributed by atoms with van der Waals surface area (Å²) < 4.78 is 0. The number of thiophene rings is 1. The molecule has 1 aliphatic carbocycles. The van der Waals surface area contributed by atoms with Gasteiger partial charge >= 0.3 is 5.97 Å². The van der Waals surface area contributed by atoms with Crippen LogP contribution in [0.3, 0.4) is 0 Å². The minimum atomic E-state index is -0.931. The normalized spacial score (nSPS) is 24.7. The summed E-state index contributed by atoms with van der Waals surface area (Å²) in [6.45, 7) is 0.514. The van der Waals surface area contributed by atoms with Crippen molar-refractivity contribution in [1.82, 2.24) is 4.90 Å². The van der Waals surface area contributed by atoms with Crippen molar-refractivity contribution in [3.63, 3.8) is 0 Å². The number of aliphatic carboxylic acids is 1. The zero-order valence-electron chi connectivity index (χ0n) is 11.1. The first kappa shape index (κ1) is 13.4. The van der Waals surface area contributed by atoms with E-state index in [9.17, 15) is 14.7 Å². The standard InChI is InChI=1S/C15H17NO3S/c17-13(9-10-3-1-2-4-10)16-7-5-12-11(6-8-20-12)14(16)15(18)19/h1,3,6,8,10,14H,2,4-5,7,9H2,(H,18,19). The topological polar surface area (TPSA) is 57.6 Å². The van der Waals surface area contributed by atoms with Crippen LogP contribution in [-0.2, 0) is 16.0 Å². The van der Waals surface area contributed by atoms with Gasteiger partial charge in [0.15, 0.2) is 6.04 Å². The molecule has 0 bridgehead atoms. The second-order valence-corrected chi connectivity index (χ2v) is 6.35. The summed E-state index contributed by atoms with van der Waals surface area (Å²) in [5, 5.41) is 11.4. The van der Waals surface area contributed by atoms with Crippen LogP contribution >= 0.6 is 11.3 Å². The number of carbonyl (C=O) groups is 2. The van der Waals surface area contributed by atoms with Crippen molar-refractivity contribution in [3.8, 4) is 0 Å². The number of carbonyl (C=O) groups excluding carboxylic acids is 1. The zero-order chi connectivity index (χ0) is 14.1. The van der Waals surface area contributed by atoms with Crippen LogP contribution in [0.1, 0.15) is 35.7 Å². The third-order valence-corrected chi connectivity index (χ3v) is 5.07. The Morgan fingerprint density at radius 2 is 2.30 bits per heavy atom. The minimum Gasteiger partial charge on any atom is -0.479 e. The Morgan fingerprint density at radius 3 is 3.00 bits per heavy atom. The fraction of sp³-hybridized carbons (Fsp3) is 0.467. The van der Waals surface area contributed by atoms with Gasteiger partial charge in [0.05, 0.1) is 0 Å². The van der Waals surface area contributed by atoms with Crippen LogP contribution in [0.2, 0.25) is 0 Å². The van der Waals surface area contributed by atoms with Crippen molar-refractivity contribution in [2.75, 3.05) is 6.54 Å².